The number of rotatable bonds is 4. The molecule has 0 aliphatic heterocycles. The van der Waals surface area contributed by atoms with Crippen molar-refractivity contribution in [3.05, 3.63) is 0 Å². The molecule has 0 aliphatic rings. The highest BCUT2D eigenvalue weighted by Crippen LogP contribution is 2.28. The van der Waals surface area contributed by atoms with Gasteiger partial charge in [-0.1, -0.05) is 6.92 Å². The van der Waals surface area contributed by atoms with Gasteiger partial charge in [-0.2, -0.15) is 0 Å². The molecule has 12 heavy (non-hydrogen) atoms. The molecular formula is C7H10Cl2O3. The van der Waals surface area contributed by atoms with Crippen LogP contribution in [0.2, 0.25) is 0 Å². The van der Waals surface area contributed by atoms with Gasteiger partial charge in [0.1, 0.15) is 0 Å². The number of hydrogen-bond acceptors (Lipinski definition) is 3. The maximum absolute atomic E-state index is 11.1. The average molecular weight is 213 g/mol. The number of methoxy groups -OCH3 is 1. The Kier molecular flexibility index (Phi) is 4.57. The van der Waals surface area contributed by atoms with Gasteiger partial charge in [0.15, 0.2) is 5.41 Å². The molecule has 0 heterocycles. The lowest BCUT2D eigenvalue weighted by atomic mass is 9.89. The van der Waals surface area contributed by atoms with Crippen LogP contribution in [-0.4, -0.2) is 24.2 Å². The van der Waals surface area contributed by atoms with Gasteiger partial charge in [-0.15, -0.1) is 11.6 Å². The zero-order valence-electron chi connectivity index (χ0n) is 6.89. The summed E-state index contributed by atoms with van der Waals surface area (Å²) in [6, 6.07) is 0. The molecule has 5 heteroatoms. The minimum absolute atomic E-state index is 0.154. The predicted octanol–water partition coefficient (Wildman–Crippen LogP) is 1.56. The lowest BCUT2D eigenvalue weighted by Gasteiger charge is -2.22. The molecule has 1 unspecified atom stereocenters. The summed E-state index contributed by atoms with van der Waals surface area (Å²) < 4.78 is 4.43. The van der Waals surface area contributed by atoms with Gasteiger partial charge in [0.25, 0.3) is 0 Å². The Hall–Kier alpha value is -0.280. The molecule has 0 fully saturated rings. The SMILES string of the molecule is CCC(CCl)(C(=O)Cl)C(=O)OC. The Labute approximate surface area is 81.0 Å². The summed E-state index contributed by atoms with van der Waals surface area (Å²) in [6.07, 6.45) is 0.242. The first-order valence-corrected chi connectivity index (χ1v) is 4.30. The third kappa shape index (κ3) is 1.90. The van der Waals surface area contributed by atoms with Gasteiger partial charge in [0, 0.05) is 5.88 Å². The van der Waals surface area contributed by atoms with Gasteiger partial charge in [-0.3, -0.25) is 9.59 Å². The molecule has 1 atom stereocenters. The summed E-state index contributed by atoms with van der Waals surface area (Å²) in [6.45, 7) is 1.65. The van der Waals surface area contributed by atoms with E-state index in [1.165, 1.54) is 7.11 Å². The molecule has 0 N–H and O–H groups in total. The third-order valence-electron chi connectivity index (χ3n) is 1.78. The molecule has 0 aromatic heterocycles. The van der Waals surface area contributed by atoms with E-state index in [-0.39, 0.29) is 12.3 Å². The molecule has 70 valence electrons. The molecule has 0 rings (SSSR count). The van der Waals surface area contributed by atoms with E-state index in [0.717, 1.165) is 0 Å². The second-order valence-electron chi connectivity index (χ2n) is 2.33. The van der Waals surface area contributed by atoms with Crippen molar-refractivity contribution in [2.45, 2.75) is 13.3 Å². The molecule has 0 saturated carbocycles. The highest BCUT2D eigenvalue weighted by molar-refractivity contribution is 6.67. The van der Waals surface area contributed by atoms with Gasteiger partial charge in [-0.25, -0.2) is 0 Å². The van der Waals surface area contributed by atoms with Crippen LogP contribution in [0.5, 0.6) is 0 Å². The third-order valence-corrected chi connectivity index (χ3v) is 2.60. The molecule has 0 saturated heterocycles. The van der Waals surface area contributed by atoms with Crippen molar-refractivity contribution < 1.29 is 14.3 Å². The molecule has 0 aliphatic carbocycles. The normalized spacial score (nSPS) is 15.0. The van der Waals surface area contributed by atoms with Crippen LogP contribution in [0.3, 0.4) is 0 Å². The fraction of sp³-hybridized carbons (Fsp3) is 0.714. The second kappa shape index (κ2) is 4.67. The van der Waals surface area contributed by atoms with Crippen LogP contribution in [-0.2, 0) is 14.3 Å². The monoisotopic (exact) mass is 212 g/mol. The molecule has 0 aromatic carbocycles. The first-order valence-electron chi connectivity index (χ1n) is 3.39. The summed E-state index contributed by atoms with van der Waals surface area (Å²) in [5.74, 6) is -0.835. The van der Waals surface area contributed by atoms with Crippen LogP contribution < -0.4 is 0 Å². The minimum atomic E-state index is -1.38. The number of alkyl halides is 1. The number of esters is 1. The first kappa shape index (κ1) is 11.7. The van der Waals surface area contributed by atoms with E-state index < -0.39 is 16.6 Å². The molecule has 0 amide bonds. The highest BCUT2D eigenvalue weighted by Gasteiger charge is 2.43. The number of halogens is 2. The Morgan fingerprint density at radius 3 is 2.08 bits per heavy atom. The van der Waals surface area contributed by atoms with Gasteiger partial charge in [0.2, 0.25) is 5.24 Å². The summed E-state index contributed by atoms with van der Waals surface area (Å²) in [4.78, 5) is 22.0. The maximum Gasteiger partial charge on any atom is 0.321 e. The average Bonchev–Trinajstić information content (AvgIpc) is 2.06. The zero-order chi connectivity index (χ0) is 9.78. The van der Waals surface area contributed by atoms with Crippen molar-refractivity contribution in [3.63, 3.8) is 0 Å². The highest BCUT2D eigenvalue weighted by atomic mass is 35.5. The quantitative estimate of drug-likeness (QED) is 0.308. The van der Waals surface area contributed by atoms with Crippen LogP contribution in [0.15, 0.2) is 0 Å². The van der Waals surface area contributed by atoms with Crippen molar-refractivity contribution in [2.75, 3.05) is 13.0 Å². The lowest BCUT2D eigenvalue weighted by molar-refractivity contribution is -0.154. The van der Waals surface area contributed by atoms with Crippen LogP contribution >= 0.6 is 23.2 Å². The minimum Gasteiger partial charge on any atom is -0.468 e. The molecule has 3 nitrogen and oxygen atoms in total. The Bertz CT molecular complexity index is 187. The number of ether oxygens (including phenoxy) is 1. The van der Waals surface area contributed by atoms with E-state index in [2.05, 4.69) is 4.74 Å². The summed E-state index contributed by atoms with van der Waals surface area (Å²) in [5.41, 5.74) is -1.38. The van der Waals surface area contributed by atoms with Gasteiger partial charge < -0.3 is 4.74 Å². The van der Waals surface area contributed by atoms with Gasteiger partial charge in [0.05, 0.1) is 7.11 Å². The first-order chi connectivity index (χ1) is 5.55. The van der Waals surface area contributed by atoms with E-state index in [1.54, 1.807) is 6.92 Å². The molecule has 0 bridgehead atoms. The fourth-order valence-electron chi connectivity index (χ4n) is 0.761. The Balaban J connectivity index is 4.82. The lowest BCUT2D eigenvalue weighted by Crippen LogP contribution is -2.39. The van der Waals surface area contributed by atoms with Crippen LogP contribution in [0, 0.1) is 5.41 Å². The van der Waals surface area contributed by atoms with Crippen LogP contribution in [0.1, 0.15) is 13.3 Å². The van der Waals surface area contributed by atoms with Crippen molar-refractivity contribution >= 4 is 34.4 Å². The molecule has 0 aromatic rings. The van der Waals surface area contributed by atoms with Gasteiger partial charge in [-0.05, 0) is 18.0 Å². The van der Waals surface area contributed by atoms with Crippen LogP contribution in [0.4, 0.5) is 0 Å². The molecule has 0 radical (unpaired) electrons. The van der Waals surface area contributed by atoms with Crippen molar-refractivity contribution in [3.8, 4) is 0 Å². The topological polar surface area (TPSA) is 43.4 Å². The summed E-state index contributed by atoms with van der Waals surface area (Å²) in [5, 5.41) is -0.771. The predicted molar refractivity (Wildman–Crippen MR) is 46.3 cm³/mol. The van der Waals surface area contributed by atoms with Crippen molar-refractivity contribution in [2.24, 2.45) is 5.41 Å². The largest absolute Gasteiger partial charge is 0.468 e. The van der Waals surface area contributed by atoms with Crippen LogP contribution in [0.25, 0.3) is 0 Å². The van der Waals surface area contributed by atoms with E-state index in [0.29, 0.717) is 0 Å². The Morgan fingerprint density at radius 1 is 1.50 bits per heavy atom. The summed E-state index contributed by atoms with van der Waals surface area (Å²) in [7, 11) is 1.19. The standard InChI is InChI=1S/C7H10Cl2O3/c1-3-7(4-8,5(9)10)6(11)12-2/h3-4H2,1-2H3. The van der Waals surface area contributed by atoms with E-state index >= 15 is 0 Å². The van der Waals surface area contributed by atoms with Crippen molar-refractivity contribution in [1.82, 2.24) is 0 Å². The number of hydrogen-bond donors (Lipinski definition) is 0. The van der Waals surface area contributed by atoms with Crippen molar-refractivity contribution in [1.29, 1.82) is 0 Å². The number of carbonyl (C=O) groups excluding carboxylic acids is 2. The zero-order valence-corrected chi connectivity index (χ0v) is 8.41. The summed E-state index contributed by atoms with van der Waals surface area (Å²) >= 11 is 10.7. The van der Waals surface area contributed by atoms with Gasteiger partial charge >= 0.3 is 5.97 Å². The van der Waals surface area contributed by atoms with E-state index in [1.807, 2.05) is 0 Å². The smallest absolute Gasteiger partial charge is 0.321 e. The maximum atomic E-state index is 11.1. The van der Waals surface area contributed by atoms with E-state index in [4.69, 9.17) is 23.2 Å². The molecular weight excluding hydrogens is 203 g/mol. The van der Waals surface area contributed by atoms with E-state index in [9.17, 15) is 9.59 Å². The second-order valence-corrected chi connectivity index (χ2v) is 2.95. The molecule has 0 spiro atoms. The fourth-order valence-corrected chi connectivity index (χ4v) is 1.53. The Morgan fingerprint density at radius 2 is 2.00 bits per heavy atom. The number of carbonyl (C=O) groups is 2.